The zero-order valence-corrected chi connectivity index (χ0v) is 11.6. The SMILES string of the molecule is CC(C)C(CO)NS(=O)(=O)c1ccc(Cl)cc1F. The molecule has 0 radical (unpaired) electrons. The van der Waals surface area contributed by atoms with E-state index in [4.69, 9.17) is 16.7 Å². The first kappa shape index (κ1) is 15.4. The standard InChI is InChI=1S/C11H15ClFNO3S/c1-7(2)10(6-15)14-18(16,17)11-4-3-8(12)5-9(11)13/h3-5,7,10,14-15H,6H2,1-2H3. The summed E-state index contributed by atoms with van der Waals surface area (Å²) >= 11 is 5.56. The predicted octanol–water partition coefficient (Wildman–Crippen LogP) is 1.77. The average molecular weight is 296 g/mol. The lowest BCUT2D eigenvalue weighted by Gasteiger charge is -2.20. The highest BCUT2D eigenvalue weighted by molar-refractivity contribution is 7.89. The monoisotopic (exact) mass is 295 g/mol. The van der Waals surface area contributed by atoms with Crippen molar-refractivity contribution in [2.24, 2.45) is 5.92 Å². The Morgan fingerprint density at radius 2 is 2.06 bits per heavy atom. The van der Waals surface area contributed by atoms with Crippen molar-refractivity contribution in [3.63, 3.8) is 0 Å². The van der Waals surface area contributed by atoms with E-state index in [-0.39, 0.29) is 17.5 Å². The minimum absolute atomic E-state index is 0.111. The number of rotatable bonds is 5. The molecule has 0 heterocycles. The molecule has 1 aromatic carbocycles. The van der Waals surface area contributed by atoms with Gasteiger partial charge in [-0.1, -0.05) is 25.4 Å². The van der Waals surface area contributed by atoms with Gasteiger partial charge in [-0.05, 0) is 24.1 Å². The smallest absolute Gasteiger partial charge is 0.243 e. The van der Waals surface area contributed by atoms with Crippen LogP contribution in [0.4, 0.5) is 4.39 Å². The number of nitrogens with one attached hydrogen (secondary N) is 1. The molecule has 0 saturated heterocycles. The highest BCUT2D eigenvalue weighted by Crippen LogP contribution is 2.19. The van der Waals surface area contributed by atoms with Gasteiger partial charge < -0.3 is 5.11 Å². The molecule has 18 heavy (non-hydrogen) atoms. The van der Waals surface area contributed by atoms with E-state index in [0.29, 0.717) is 0 Å². The van der Waals surface area contributed by atoms with E-state index < -0.39 is 26.8 Å². The molecule has 2 N–H and O–H groups in total. The Morgan fingerprint density at radius 1 is 1.44 bits per heavy atom. The maximum absolute atomic E-state index is 13.5. The molecule has 0 fully saturated rings. The molecule has 102 valence electrons. The topological polar surface area (TPSA) is 66.4 Å². The van der Waals surface area contributed by atoms with Gasteiger partial charge in [-0.25, -0.2) is 17.5 Å². The molecule has 0 saturated carbocycles. The van der Waals surface area contributed by atoms with Gasteiger partial charge in [-0.15, -0.1) is 0 Å². The van der Waals surface area contributed by atoms with Crippen molar-refractivity contribution in [3.8, 4) is 0 Å². The Morgan fingerprint density at radius 3 is 2.50 bits per heavy atom. The molecule has 1 aromatic rings. The van der Waals surface area contributed by atoms with Gasteiger partial charge in [0.1, 0.15) is 10.7 Å². The van der Waals surface area contributed by atoms with Crippen molar-refractivity contribution in [2.75, 3.05) is 6.61 Å². The first-order valence-electron chi connectivity index (χ1n) is 5.36. The fourth-order valence-electron chi connectivity index (χ4n) is 1.34. The van der Waals surface area contributed by atoms with Crippen LogP contribution in [0.3, 0.4) is 0 Å². The van der Waals surface area contributed by atoms with Gasteiger partial charge in [-0.3, -0.25) is 0 Å². The summed E-state index contributed by atoms with van der Waals surface area (Å²) in [5.41, 5.74) is 0. The van der Waals surface area contributed by atoms with Crippen LogP contribution in [0.5, 0.6) is 0 Å². The van der Waals surface area contributed by atoms with Crippen molar-refractivity contribution in [3.05, 3.63) is 29.0 Å². The van der Waals surface area contributed by atoms with Gasteiger partial charge >= 0.3 is 0 Å². The number of benzene rings is 1. The second kappa shape index (κ2) is 5.97. The number of hydrogen-bond acceptors (Lipinski definition) is 3. The summed E-state index contributed by atoms with van der Waals surface area (Å²) in [6.07, 6.45) is 0. The van der Waals surface area contributed by atoms with Crippen LogP contribution >= 0.6 is 11.6 Å². The molecular weight excluding hydrogens is 281 g/mol. The lowest BCUT2D eigenvalue weighted by molar-refractivity contribution is 0.227. The minimum Gasteiger partial charge on any atom is -0.395 e. The molecule has 0 amide bonds. The quantitative estimate of drug-likeness (QED) is 0.870. The van der Waals surface area contributed by atoms with Crippen LogP contribution in [0.15, 0.2) is 23.1 Å². The molecule has 1 atom stereocenters. The second-order valence-electron chi connectivity index (χ2n) is 4.23. The molecule has 4 nitrogen and oxygen atoms in total. The Hall–Kier alpha value is -0.690. The highest BCUT2D eigenvalue weighted by atomic mass is 35.5. The third-order valence-electron chi connectivity index (χ3n) is 2.49. The molecule has 1 unspecified atom stereocenters. The summed E-state index contributed by atoms with van der Waals surface area (Å²) < 4.78 is 39.7. The fraction of sp³-hybridized carbons (Fsp3) is 0.455. The number of halogens is 2. The Bertz CT molecular complexity index is 519. The number of hydrogen-bond donors (Lipinski definition) is 2. The van der Waals surface area contributed by atoms with Crippen LogP contribution in [0.1, 0.15) is 13.8 Å². The van der Waals surface area contributed by atoms with E-state index in [1.54, 1.807) is 13.8 Å². The zero-order chi connectivity index (χ0) is 13.9. The van der Waals surface area contributed by atoms with Gasteiger partial charge in [0.05, 0.1) is 6.61 Å². The lowest BCUT2D eigenvalue weighted by atomic mass is 10.1. The first-order valence-corrected chi connectivity index (χ1v) is 7.22. The third kappa shape index (κ3) is 3.65. The van der Waals surface area contributed by atoms with Gasteiger partial charge in [0.15, 0.2) is 0 Å². The Labute approximate surface area is 111 Å². The first-order chi connectivity index (χ1) is 8.27. The fourth-order valence-corrected chi connectivity index (χ4v) is 2.93. The average Bonchev–Trinajstić information content (AvgIpc) is 2.24. The van der Waals surface area contributed by atoms with Gasteiger partial charge in [-0.2, -0.15) is 0 Å². The molecule has 0 aliphatic heterocycles. The maximum atomic E-state index is 13.5. The van der Waals surface area contributed by atoms with Crippen molar-refractivity contribution >= 4 is 21.6 Å². The number of aliphatic hydroxyl groups is 1. The molecule has 1 rings (SSSR count). The third-order valence-corrected chi connectivity index (χ3v) is 4.25. The summed E-state index contributed by atoms with van der Waals surface area (Å²) in [7, 11) is -4.01. The molecule has 0 aliphatic rings. The van der Waals surface area contributed by atoms with Crippen molar-refractivity contribution in [2.45, 2.75) is 24.8 Å². The van der Waals surface area contributed by atoms with Crippen LogP contribution in [-0.2, 0) is 10.0 Å². The van der Waals surface area contributed by atoms with E-state index >= 15 is 0 Å². The summed E-state index contributed by atoms with van der Waals surface area (Å²) in [4.78, 5) is -0.481. The van der Waals surface area contributed by atoms with Crippen LogP contribution in [0.2, 0.25) is 5.02 Å². The molecule has 0 aromatic heterocycles. The zero-order valence-electron chi connectivity index (χ0n) is 10.0. The van der Waals surface area contributed by atoms with E-state index in [9.17, 15) is 12.8 Å². The van der Waals surface area contributed by atoms with Crippen molar-refractivity contribution in [1.82, 2.24) is 4.72 Å². The van der Waals surface area contributed by atoms with Gasteiger partial charge in [0, 0.05) is 11.1 Å². The predicted molar refractivity (Wildman–Crippen MR) is 67.4 cm³/mol. The van der Waals surface area contributed by atoms with Crippen LogP contribution in [0.25, 0.3) is 0 Å². The second-order valence-corrected chi connectivity index (χ2v) is 6.35. The van der Waals surface area contributed by atoms with Gasteiger partial charge in [0.2, 0.25) is 10.0 Å². The number of sulfonamides is 1. The molecular formula is C11H15ClFNO3S. The molecule has 0 bridgehead atoms. The Balaban J connectivity index is 3.06. The lowest BCUT2D eigenvalue weighted by Crippen LogP contribution is -2.41. The van der Waals surface area contributed by atoms with Crippen LogP contribution < -0.4 is 4.72 Å². The summed E-state index contributed by atoms with van der Waals surface area (Å²) in [5, 5.41) is 9.20. The normalized spacial score (nSPS) is 13.9. The molecule has 0 aliphatic carbocycles. The molecule has 0 spiro atoms. The maximum Gasteiger partial charge on any atom is 0.243 e. The van der Waals surface area contributed by atoms with Crippen LogP contribution in [0, 0.1) is 11.7 Å². The summed E-state index contributed by atoms with van der Waals surface area (Å²) in [6, 6.07) is 2.65. The highest BCUT2D eigenvalue weighted by Gasteiger charge is 2.24. The van der Waals surface area contributed by atoms with Crippen molar-refractivity contribution < 1.29 is 17.9 Å². The van der Waals surface area contributed by atoms with E-state index in [1.807, 2.05) is 0 Å². The van der Waals surface area contributed by atoms with E-state index in [1.165, 1.54) is 6.07 Å². The summed E-state index contributed by atoms with van der Waals surface area (Å²) in [5.74, 6) is -1.03. The molecule has 7 heteroatoms. The Kier molecular flexibility index (Phi) is 5.10. The van der Waals surface area contributed by atoms with E-state index in [2.05, 4.69) is 4.72 Å². The van der Waals surface area contributed by atoms with Crippen LogP contribution in [-0.4, -0.2) is 26.2 Å². The van der Waals surface area contributed by atoms with Gasteiger partial charge in [0.25, 0.3) is 0 Å². The number of aliphatic hydroxyl groups excluding tert-OH is 1. The minimum atomic E-state index is -4.01. The van der Waals surface area contributed by atoms with Crippen molar-refractivity contribution in [1.29, 1.82) is 0 Å². The van der Waals surface area contributed by atoms with E-state index in [0.717, 1.165) is 12.1 Å². The largest absolute Gasteiger partial charge is 0.395 e. The summed E-state index contributed by atoms with van der Waals surface area (Å²) in [6.45, 7) is 3.15.